The van der Waals surface area contributed by atoms with Crippen molar-refractivity contribution in [3.8, 4) is 5.75 Å². The second kappa shape index (κ2) is 11.4. The topological polar surface area (TPSA) is 53.1 Å². The van der Waals surface area contributed by atoms with Gasteiger partial charge >= 0.3 is 0 Å². The summed E-state index contributed by atoms with van der Waals surface area (Å²) in [5, 5.41) is 0. The van der Waals surface area contributed by atoms with Crippen LogP contribution >= 0.6 is 0 Å². The van der Waals surface area contributed by atoms with Gasteiger partial charge in [0.25, 0.3) is 5.91 Å². The molecule has 2 aromatic carbocycles. The van der Waals surface area contributed by atoms with E-state index in [-0.39, 0.29) is 17.4 Å². The quantitative estimate of drug-likeness (QED) is 0.611. The molecule has 2 aromatic rings. The standard InChI is InChI=1S/C28H35F2N3O3/c1-21(34)32-13-4-3-11-28(12-6-14-33(28)19-22-9-10-25(29)26(30)17-22)20-31(2)27(35)23-7-5-8-24(18-23)36-16-15-32/h5,7-10,17-18H,3-4,6,11-16,19-20H2,1-2H3/t28-/m1/s1. The maximum absolute atomic E-state index is 13.9. The van der Waals surface area contributed by atoms with Gasteiger partial charge in [-0.05, 0) is 74.5 Å². The van der Waals surface area contributed by atoms with Crippen LogP contribution in [0.15, 0.2) is 42.5 Å². The number of ether oxygens (including phenoxy) is 1. The Morgan fingerprint density at radius 3 is 2.58 bits per heavy atom. The molecule has 6 nitrogen and oxygen atoms in total. The first-order valence-electron chi connectivity index (χ1n) is 12.7. The summed E-state index contributed by atoms with van der Waals surface area (Å²) in [6.45, 7) is 4.90. The van der Waals surface area contributed by atoms with E-state index in [0.29, 0.717) is 49.7 Å². The van der Waals surface area contributed by atoms with Crippen LogP contribution in [0.2, 0.25) is 0 Å². The molecular formula is C28H35F2N3O3. The van der Waals surface area contributed by atoms with Crippen LogP contribution in [0.5, 0.6) is 5.75 Å². The van der Waals surface area contributed by atoms with Gasteiger partial charge in [0.2, 0.25) is 5.91 Å². The summed E-state index contributed by atoms with van der Waals surface area (Å²) in [6, 6.07) is 11.2. The highest BCUT2D eigenvalue weighted by atomic mass is 19.2. The molecule has 8 heteroatoms. The molecule has 2 heterocycles. The lowest BCUT2D eigenvalue weighted by Crippen LogP contribution is -2.52. The van der Waals surface area contributed by atoms with Crippen molar-refractivity contribution in [3.05, 3.63) is 65.2 Å². The van der Waals surface area contributed by atoms with Crippen LogP contribution in [0.25, 0.3) is 0 Å². The number of carbonyl (C=O) groups excluding carboxylic acids is 2. The van der Waals surface area contributed by atoms with Gasteiger partial charge in [0.15, 0.2) is 11.6 Å². The molecule has 2 aliphatic heterocycles. The third-order valence-corrected chi connectivity index (χ3v) is 7.45. The minimum Gasteiger partial charge on any atom is -0.492 e. The number of likely N-dealkylation sites (tertiary alicyclic amines) is 1. The van der Waals surface area contributed by atoms with Crippen LogP contribution < -0.4 is 4.74 Å². The fourth-order valence-electron chi connectivity index (χ4n) is 5.55. The summed E-state index contributed by atoms with van der Waals surface area (Å²) in [6.07, 6.45) is 4.44. The average molecular weight is 500 g/mol. The highest BCUT2D eigenvalue weighted by Crippen LogP contribution is 2.36. The molecule has 1 atom stereocenters. The Balaban J connectivity index is 1.61. The van der Waals surface area contributed by atoms with E-state index in [1.165, 1.54) is 12.1 Å². The molecule has 0 saturated carbocycles. The summed E-state index contributed by atoms with van der Waals surface area (Å²) in [4.78, 5) is 31.4. The smallest absolute Gasteiger partial charge is 0.253 e. The number of likely N-dealkylation sites (N-methyl/N-ethyl adjacent to an activating group) is 1. The zero-order valence-electron chi connectivity index (χ0n) is 21.1. The number of amides is 2. The third kappa shape index (κ3) is 6.03. The first-order chi connectivity index (χ1) is 17.3. The highest BCUT2D eigenvalue weighted by molar-refractivity contribution is 5.94. The van der Waals surface area contributed by atoms with E-state index in [1.54, 1.807) is 41.0 Å². The molecule has 2 aliphatic rings. The minimum absolute atomic E-state index is 0.0159. The van der Waals surface area contributed by atoms with Crippen molar-refractivity contribution in [1.82, 2.24) is 14.7 Å². The van der Waals surface area contributed by atoms with E-state index < -0.39 is 11.6 Å². The summed E-state index contributed by atoms with van der Waals surface area (Å²) < 4.78 is 33.3. The lowest BCUT2D eigenvalue weighted by molar-refractivity contribution is -0.129. The Morgan fingerprint density at radius 2 is 1.81 bits per heavy atom. The van der Waals surface area contributed by atoms with Crippen molar-refractivity contribution in [1.29, 1.82) is 0 Å². The Labute approximate surface area is 211 Å². The van der Waals surface area contributed by atoms with Crippen LogP contribution in [0.3, 0.4) is 0 Å². The van der Waals surface area contributed by atoms with Gasteiger partial charge in [-0.15, -0.1) is 0 Å². The number of hydrogen-bond acceptors (Lipinski definition) is 4. The van der Waals surface area contributed by atoms with Crippen molar-refractivity contribution >= 4 is 11.8 Å². The fourth-order valence-corrected chi connectivity index (χ4v) is 5.55. The predicted octanol–water partition coefficient (Wildman–Crippen LogP) is 4.48. The average Bonchev–Trinajstić information content (AvgIpc) is 3.23. The lowest BCUT2D eigenvalue weighted by atomic mass is 9.88. The molecule has 194 valence electrons. The molecule has 1 spiro atoms. The van der Waals surface area contributed by atoms with E-state index in [2.05, 4.69) is 4.90 Å². The third-order valence-electron chi connectivity index (χ3n) is 7.45. The Morgan fingerprint density at radius 1 is 1.00 bits per heavy atom. The van der Waals surface area contributed by atoms with E-state index in [9.17, 15) is 18.4 Å². The van der Waals surface area contributed by atoms with E-state index in [0.717, 1.165) is 38.6 Å². The number of benzene rings is 2. The zero-order valence-corrected chi connectivity index (χ0v) is 21.1. The van der Waals surface area contributed by atoms with E-state index in [1.807, 2.05) is 13.1 Å². The van der Waals surface area contributed by atoms with Crippen LogP contribution in [0.1, 0.15) is 54.9 Å². The number of carbonyl (C=O) groups is 2. The molecule has 0 N–H and O–H groups in total. The highest BCUT2D eigenvalue weighted by Gasteiger charge is 2.42. The van der Waals surface area contributed by atoms with Gasteiger partial charge in [-0.1, -0.05) is 12.1 Å². The minimum atomic E-state index is -0.852. The molecule has 0 radical (unpaired) electrons. The van der Waals surface area contributed by atoms with Gasteiger partial charge < -0.3 is 14.5 Å². The van der Waals surface area contributed by atoms with Gasteiger partial charge in [-0.3, -0.25) is 14.5 Å². The molecule has 4 rings (SSSR count). The van der Waals surface area contributed by atoms with Gasteiger partial charge in [-0.25, -0.2) is 8.78 Å². The van der Waals surface area contributed by atoms with Crippen LogP contribution in [0, 0.1) is 11.6 Å². The largest absolute Gasteiger partial charge is 0.492 e. The van der Waals surface area contributed by atoms with E-state index in [4.69, 9.17) is 4.74 Å². The summed E-state index contributed by atoms with van der Waals surface area (Å²) in [5.74, 6) is -1.16. The van der Waals surface area contributed by atoms with Gasteiger partial charge in [0, 0.05) is 44.7 Å². The van der Waals surface area contributed by atoms with Gasteiger partial charge in [-0.2, -0.15) is 0 Å². The molecule has 2 amide bonds. The molecular weight excluding hydrogens is 464 g/mol. The molecule has 1 saturated heterocycles. The summed E-state index contributed by atoms with van der Waals surface area (Å²) >= 11 is 0. The van der Waals surface area contributed by atoms with Crippen LogP contribution in [-0.2, 0) is 11.3 Å². The Bertz CT molecular complexity index is 1100. The van der Waals surface area contributed by atoms with Crippen molar-refractivity contribution in [2.24, 2.45) is 0 Å². The number of halogens is 2. The molecule has 1 fully saturated rings. The summed E-state index contributed by atoms with van der Waals surface area (Å²) in [7, 11) is 1.82. The first-order valence-corrected chi connectivity index (χ1v) is 12.7. The monoisotopic (exact) mass is 499 g/mol. The van der Waals surface area contributed by atoms with Crippen LogP contribution in [-0.4, -0.2) is 71.9 Å². The molecule has 0 unspecified atom stereocenters. The van der Waals surface area contributed by atoms with Gasteiger partial charge in [0.1, 0.15) is 12.4 Å². The van der Waals surface area contributed by atoms with Crippen molar-refractivity contribution in [3.63, 3.8) is 0 Å². The number of rotatable bonds is 2. The molecule has 2 bridgehead atoms. The molecule has 0 aliphatic carbocycles. The first kappa shape index (κ1) is 26.1. The molecule has 36 heavy (non-hydrogen) atoms. The number of nitrogens with zero attached hydrogens (tertiary/aromatic N) is 3. The Kier molecular flexibility index (Phi) is 8.24. The molecule has 0 aromatic heterocycles. The SMILES string of the molecule is CC(=O)N1CCCC[C@@]2(CCCN2Cc2ccc(F)c(F)c2)CN(C)C(=O)c2cccc(c2)OCC1. The fraction of sp³-hybridized carbons (Fsp3) is 0.500. The summed E-state index contributed by atoms with van der Waals surface area (Å²) in [5.41, 5.74) is 0.978. The number of hydrogen-bond donors (Lipinski definition) is 0. The maximum Gasteiger partial charge on any atom is 0.253 e. The van der Waals surface area contributed by atoms with Crippen molar-refractivity contribution in [2.45, 2.75) is 51.1 Å². The second-order valence-corrected chi connectivity index (χ2v) is 10.00. The van der Waals surface area contributed by atoms with Crippen molar-refractivity contribution in [2.75, 3.05) is 39.8 Å². The van der Waals surface area contributed by atoms with Gasteiger partial charge in [0.05, 0.1) is 6.54 Å². The second-order valence-electron chi connectivity index (χ2n) is 10.00. The van der Waals surface area contributed by atoms with Crippen molar-refractivity contribution < 1.29 is 23.1 Å². The maximum atomic E-state index is 13.9. The predicted molar refractivity (Wildman–Crippen MR) is 134 cm³/mol. The number of fused-ring (bicyclic) bond motifs is 2. The zero-order chi connectivity index (χ0) is 25.7. The lowest BCUT2D eigenvalue weighted by Gasteiger charge is -2.42. The normalized spacial score (nSPS) is 22.3. The van der Waals surface area contributed by atoms with Crippen LogP contribution in [0.4, 0.5) is 8.78 Å². The van der Waals surface area contributed by atoms with E-state index >= 15 is 0 Å². The Hall–Kier alpha value is -3.00.